The van der Waals surface area contributed by atoms with Crippen molar-refractivity contribution in [3.05, 3.63) is 18.0 Å². The Kier molecular flexibility index (Phi) is 4.82. The second-order valence-corrected chi connectivity index (χ2v) is 4.54. The van der Waals surface area contributed by atoms with Gasteiger partial charge in [0.05, 0.1) is 6.20 Å². The van der Waals surface area contributed by atoms with Crippen molar-refractivity contribution in [2.75, 3.05) is 6.54 Å². The van der Waals surface area contributed by atoms with Crippen molar-refractivity contribution in [3.63, 3.8) is 0 Å². The van der Waals surface area contributed by atoms with Crippen LogP contribution < -0.4 is 5.32 Å². The molecule has 1 N–H and O–H groups in total. The molecule has 1 unspecified atom stereocenters. The molecule has 0 saturated carbocycles. The molecule has 3 nitrogen and oxygen atoms in total. The van der Waals surface area contributed by atoms with Gasteiger partial charge in [0, 0.05) is 24.8 Å². The first kappa shape index (κ1) is 12.2. The quantitative estimate of drug-likeness (QED) is 0.780. The van der Waals surface area contributed by atoms with Crippen molar-refractivity contribution in [1.29, 1.82) is 0 Å². The van der Waals surface area contributed by atoms with Gasteiger partial charge in [-0.2, -0.15) is 5.10 Å². The summed E-state index contributed by atoms with van der Waals surface area (Å²) in [6.45, 7) is 7.81. The van der Waals surface area contributed by atoms with Crippen molar-refractivity contribution in [3.8, 4) is 0 Å². The molecule has 0 radical (unpaired) electrons. The number of rotatable bonds is 6. The largest absolute Gasteiger partial charge is 0.310 e. The van der Waals surface area contributed by atoms with Crippen LogP contribution in [-0.2, 0) is 7.05 Å². The van der Waals surface area contributed by atoms with E-state index in [2.05, 4.69) is 37.4 Å². The van der Waals surface area contributed by atoms with Gasteiger partial charge in [-0.3, -0.25) is 4.68 Å². The summed E-state index contributed by atoms with van der Waals surface area (Å²) in [5.74, 6) is 0.768. The second kappa shape index (κ2) is 5.91. The minimum atomic E-state index is 0.456. The van der Waals surface area contributed by atoms with Crippen molar-refractivity contribution in [1.82, 2.24) is 15.1 Å². The number of aryl methyl sites for hydroxylation is 1. The zero-order valence-corrected chi connectivity index (χ0v) is 10.3. The first-order valence-electron chi connectivity index (χ1n) is 5.85. The lowest BCUT2D eigenvalue weighted by atomic mass is 10.1. The molecule has 0 aliphatic heterocycles. The number of aromatic nitrogens is 2. The fourth-order valence-corrected chi connectivity index (χ4v) is 1.66. The summed E-state index contributed by atoms with van der Waals surface area (Å²) in [6, 6.07) is 0.456. The lowest BCUT2D eigenvalue weighted by Crippen LogP contribution is -2.22. The van der Waals surface area contributed by atoms with Crippen LogP contribution in [0.4, 0.5) is 0 Å². The van der Waals surface area contributed by atoms with Gasteiger partial charge in [0.25, 0.3) is 0 Å². The van der Waals surface area contributed by atoms with E-state index in [-0.39, 0.29) is 0 Å². The van der Waals surface area contributed by atoms with E-state index in [1.165, 1.54) is 12.0 Å². The van der Waals surface area contributed by atoms with Crippen molar-refractivity contribution in [2.24, 2.45) is 13.0 Å². The van der Waals surface area contributed by atoms with Crippen LogP contribution in [0.3, 0.4) is 0 Å². The van der Waals surface area contributed by atoms with E-state index >= 15 is 0 Å². The molecule has 1 atom stereocenters. The molecule has 0 aliphatic carbocycles. The Labute approximate surface area is 92.9 Å². The van der Waals surface area contributed by atoms with Gasteiger partial charge in [0.1, 0.15) is 0 Å². The summed E-state index contributed by atoms with van der Waals surface area (Å²) in [6.07, 6.45) is 6.40. The first-order valence-corrected chi connectivity index (χ1v) is 5.85. The van der Waals surface area contributed by atoms with E-state index in [4.69, 9.17) is 0 Å². The normalized spacial score (nSPS) is 13.4. The molecule has 0 aromatic carbocycles. The zero-order chi connectivity index (χ0) is 11.3. The van der Waals surface area contributed by atoms with Crippen LogP contribution >= 0.6 is 0 Å². The van der Waals surface area contributed by atoms with E-state index in [1.54, 1.807) is 0 Å². The molecule has 0 saturated heterocycles. The van der Waals surface area contributed by atoms with Gasteiger partial charge >= 0.3 is 0 Å². The highest BCUT2D eigenvalue weighted by molar-refractivity contribution is 5.09. The predicted molar refractivity (Wildman–Crippen MR) is 63.7 cm³/mol. The highest BCUT2D eigenvalue weighted by Gasteiger charge is 2.09. The molecule has 0 amide bonds. The number of hydrogen-bond donors (Lipinski definition) is 1. The molecule has 0 bridgehead atoms. The van der Waals surface area contributed by atoms with Gasteiger partial charge in [-0.15, -0.1) is 0 Å². The molecular weight excluding hydrogens is 186 g/mol. The molecule has 1 aromatic heterocycles. The highest BCUT2D eigenvalue weighted by Crippen LogP contribution is 2.15. The third-order valence-corrected chi connectivity index (χ3v) is 2.65. The Morgan fingerprint density at radius 3 is 2.67 bits per heavy atom. The molecular formula is C12H23N3. The van der Waals surface area contributed by atoms with Crippen LogP contribution in [0.5, 0.6) is 0 Å². The first-order chi connectivity index (χ1) is 7.13. The number of nitrogens with zero attached hydrogens (tertiary/aromatic N) is 2. The Morgan fingerprint density at radius 2 is 2.20 bits per heavy atom. The summed E-state index contributed by atoms with van der Waals surface area (Å²) in [7, 11) is 1.96. The van der Waals surface area contributed by atoms with Gasteiger partial charge in [-0.05, 0) is 25.3 Å². The molecule has 0 spiro atoms. The van der Waals surface area contributed by atoms with E-state index in [0.29, 0.717) is 6.04 Å². The minimum Gasteiger partial charge on any atom is -0.310 e. The van der Waals surface area contributed by atoms with Crippen molar-refractivity contribution >= 4 is 0 Å². The Balaban J connectivity index is 2.42. The van der Waals surface area contributed by atoms with Crippen LogP contribution in [0.25, 0.3) is 0 Å². The third-order valence-electron chi connectivity index (χ3n) is 2.65. The van der Waals surface area contributed by atoms with E-state index < -0.39 is 0 Å². The van der Waals surface area contributed by atoms with Gasteiger partial charge in [-0.25, -0.2) is 0 Å². The topological polar surface area (TPSA) is 29.9 Å². The summed E-state index contributed by atoms with van der Waals surface area (Å²) >= 11 is 0. The van der Waals surface area contributed by atoms with Crippen LogP contribution in [0, 0.1) is 5.92 Å². The molecule has 1 rings (SSSR count). The average molecular weight is 209 g/mol. The molecule has 86 valence electrons. The monoisotopic (exact) mass is 209 g/mol. The maximum atomic E-state index is 4.21. The van der Waals surface area contributed by atoms with Crippen molar-refractivity contribution in [2.45, 2.75) is 39.7 Å². The highest BCUT2D eigenvalue weighted by atomic mass is 15.2. The maximum Gasteiger partial charge on any atom is 0.0537 e. The Bertz CT molecular complexity index is 278. The lowest BCUT2D eigenvalue weighted by molar-refractivity contribution is 0.470. The molecule has 0 fully saturated rings. The van der Waals surface area contributed by atoms with Crippen LogP contribution in [0.15, 0.2) is 12.4 Å². The summed E-state index contributed by atoms with van der Waals surface area (Å²) in [4.78, 5) is 0. The number of nitrogens with one attached hydrogen (secondary N) is 1. The SMILES string of the molecule is CCC(NCCC(C)C)c1cnn(C)c1. The molecule has 1 heterocycles. The standard InChI is InChI=1S/C12H23N3/c1-5-12(13-7-6-10(2)3)11-8-14-15(4)9-11/h8-10,12-13H,5-7H2,1-4H3. The van der Waals surface area contributed by atoms with E-state index in [0.717, 1.165) is 18.9 Å². The molecule has 1 aromatic rings. The summed E-state index contributed by atoms with van der Waals surface area (Å²) in [5.41, 5.74) is 1.30. The fourth-order valence-electron chi connectivity index (χ4n) is 1.66. The number of hydrogen-bond acceptors (Lipinski definition) is 2. The average Bonchev–Trinajstić information content (AvgIpc) is 2.59. The van der Waals surface area contributed by atoms with Gasteiger partial charge in [0.2, 0.25) is 0 Å². The lowest BCUT2D eigenvalue weighted by Gasteiger charge is -2.16. The maximum absolute atomic E-state index is 4.21. The van der Waals surface area contributed by atoms with Gasteiger partial charge < -0.3 is 5.32 Å². The fraction of sp³-hybridized carbons (Fsp3) is 0.750. The molecule has 3 heteroatoms. The van der Waals surface area contributed by atoms with Gasteiger partial charge in [0.15, 0.2) is 0 Å². The van der Waals surface area contributed by atoms with Crippen molar-refractivity contribution < 1.29 is 0 Å². The third kappa shape index (κ3) is 4.04. The Morgan fingerprint density at radius 1 is 1.47 bits per heavy atom. The molecule has 0 aliphatic rings. The van der Waals surface area contributed by atoms with E-state index in [1.807, 2.05) is 17.9 Å². The minimum absolute atomic E-state index is 0.456. The van der Waals surface area contributed by atoms with E-state index in [9.17, 15) is 0 Å². The zero-order valence-electron chi connectivity index (χ0n) is 10.3. The summed E-state index contributed by atoms with van der Waals surface area (Å²) < 4.78 is 1.86. The Hall–Kier alpha value is -0.830. The van der Waals surface area contributed by atoms with Crippen LogP contribution in [0.1, 0.15) is 45.2 Å². The van der Waals surface area contributed by atoms with Crippen LogP contribution in [0.2, 0.25) is 0 Å². The van der Waals surface area contributed by atoms with Crippen LogP contribution in [-0.4, -0.2) is 16.3 Å². The molecule has 15 heavy (non-hydrogen) atoms. The van der Waals surface area contributed by atoms with Gasteiger partial charge in [-0.1, -0.05) is 20.8 Å². The second-order valence-electron chi connectivity index (χ2n) is 4.54. The predicted octanol–water partition coefficient (Wildman–Crippen LogP) is 2.51. The summed E-state index contributed by atoms with van der Waals surface area (Å²) in [5, 5.41) is 7.78. The smallest absolute Gasteiger partial charge is 0.0537 e.